The van der Waals surface area contributed by atoms with Crippen molar-refractivity contribution in [3.8, 4) is 0 Å². The molecule has 2 aromatic carbocycles. The number of H-pyrrole nitrogens is 1. The summed E-state index contributed by atoms with van der Waals surface area (Å²) in [6.45, 7) is 1.52. The number of benzene rings is 2. The van der Waals surface area contributed by atoms with E-state index in [4.69, 9.17) is 4.42 Å². The fourth-order valence-electron chi connectivity index (χ4n) is 4.21. The highest BCUT2D eigenvalue weighted by atomic mass is 16.3. The van der Waals surface area contributed by atoms with Crippen LogP contribution in [0.1, 0.15) is 36.6 Å². The second-order valence-corrected chi connectivity index (χ2v) is 7.56. The molecule has 0 radical (unpaired) electrons. The lowest BCUT2D eigenvalue weighted by molar-refractivity contribution is -0.132. The summed E-state index contributed by atoms with van der Waals surface area (Å²) >= 11 is 0. The number of amides is 1. The third-order valence-electron chi connectivity index (χ3n) is 5.72. The van der Waals surface area contributed by atoms with E-state index in [1.54, 1.807) is 0 Å². The number of para-hydroxylation sites is 3. The number of carbonyl (C=O) groups excluding carboxylic acids is 1. The quantitative estimate of drug-likeness (QED) is 0.566. The number of fused-ring (bicyclic) bond motifs is 2. The molecule has 2 aromatic heterocycles. The SMILES string of the molecule is O=C(CCc1c[nH]c2ccccc12)N1CCC[C@H](c2nc3ccccc3o2)C1. The zero-order valence-corrected chi connectivity index (χ0v) is 15.7. The molecular weight excluding hydrogens is 350 g/mol. The van der Waals surface area contributed by atoms with Crippen molar-refractivity contribution in [2.24, 2.45) is 0 Å². The largest absolute Gasteiger partial charge is 0.440 e. The van der Waals surface area contributed by atoms with Crippen LogP contribution in [0.25, 0.3) is 22.0 Å². The van der Waals surface area contributed by atoms with Crippen molar-refractivity contribution in [1.82, 2.24) is 14.9 Å². The number of piperidine rings is 1. The third-order valence-corrected chi connectivity index (χ3v) is 5.72. The predicted molar refractivity (Wildman–Crippen MR) is 109 cm³/mol. The van der Waals surface area contributed by atoms with Gasteiger partial charge in [0.15, 0.2) is 11.5 Å². The highest BCUT2D eigenvalue weighted by molar-refractivity contribution is 5.84. The van der Waals surface area contributed by atoms with Gasteiger partial charge in [-0.05, 0) is 43.0 Å². The van der Waals surface area contributed by atoms with Gasteiger partial charge in [-0.2, -0.15) is 0 Å². The first-order chi connectivity index (χ1) is 13.8. The van der Waals surface area contributed by atoms with Crippen molar-refractivity contribution in [3.05, 3.63) is 66.2 Å². The Labute approximate surface area is 163 Å². The number of hydrogen-bond acceptors (Lipinski definition) is 3. The van der Waals surface area contributed by atoms with E-state index < -0.39 is 0 Å². The van der Waals surface area contributed by atoms with Gasteiger partial charge in [-0.3, -0.25) is 4.79 Å². The van der Waals surface area contributed by atoms with Gasteiger partial charge in [0.05, 0.1) is 5.92 Å². The maximum atomic E-state index is 12.8. The van der Waals surface area contributed by atoms with Crippen molar-refractivity contribution in [1.29, 1.82) is 0 Å². The average Bonchev–Trinajstić information content (AvgIpc) is 3.36. The topological polar surface area (TPSA) is 62.1 Å². The first kappa shape index (κ1) is 17.0. The molecule has 1 aliphatic heterocycles. The van der Waals surface area contributed by atoms with Crippen LogP contribution in [0.3, 0.4) is 0 Å². The highest BCUT2D eigenvalue weighted by Crippen LogP contribution is 2.29. The Morgan fingerprint density at radius 1 is 1.18 bits per heavy atom. The Morgan fingerprint density at radius 2 is 2.04 bits per heavy atom. The van der Waals surface area contributed by atoms with Crippen LogP contribution in [0.15, 0.2) is 59.1 Å². The number of likely N-dealkylation sites (tertiary alicyclic amines) is 1. The summed E-state index contributed by atoms with van der Waals surface area (Å²) in [7, 11) is 0. The van der Waals surface area contributed by atoms with Crippen molar-refractivity contribution < 1.29 is 9.21 Å². The lowest BCUT2D eigenvalue weighted by Crippen LogP contribution is -2.39. The Hall–Kier alpha value is -3.08. The van der Waals surface area contributed by atoms with Gasteiger partial charge in [-0.1, -0.05) is 30.3 Å². The molecule has 1 fully saturated rings. The van der Waals surface area contributed by atoms with E-state index in [9.17, 15) is 4.79 Å². The molecule has 1 amide bonds. The molecule has 0 aliphatic carbocycles. The van der Waals surface area contributed by atoms with E-state index in [1.165, 1.54) is 10.9 Å². The number of aromatic nitrogens is 2. The maximum Gasteiger partial charge on any atom is 0.222 e. The number of aromatic amines is 1. The number of aryl methyl sites for hydroxylation is 1. The zero-order chi connectivity index (χ0) is 18.9. The molecule has 5 rings (SSSR count). The smallest absolute Gasteiger partial charge is 0.222 e. The number of nitrogens with one attached hydrogen (secondary N) is 1. The summed E-state index contributed by atoms with van der Waals surface area (Å²) in [6, 6.07) is 16.1. The van der Waals surface area contributed by atoms with Gasteiger partial charge in [0, 0.05) is 36.6 Å². The number of oxazole rings is 1. The lowest BCUT2D eigenvalue weighted by atomic mass is 9.97. The third kappa shape index (κ3) is 3.17. The van der Waals surface area contributed by atoms with Gasteiger partial charge in [0.25, 0.3) is 0 Å². The van der Waals surface area contributed by atoms with Crippen LogP contribution in [0.2, 0.25) is 0 Å². The van der Waals surface area contributed by atoms with Gasteiger partial charge in [0.1, 0.15) is 5.52 Å². The van der Waals surface area contributed by atoms with Gasteiger partial charge in [-0.25, -0.2) is 4.98 Å². The van der Waals surface area contributed by atoms with E-state index in [0.29, 0.717) is 13.0 Å². The van der Waals surface area contributed by atoms with Crippen LogP contribution >= 0.6 is 0 Å². The van der Waals surface area contributed by atoms with Crippen LogP contribution in [0.4, 0.5) is 0 Å². The van der Waals surface area contributed by atoms with Crippen LogP contribution in [-0.4, -0.2) is 33.9 Å². The Balaban J connectivity index is 1.26. The summed E-state index contributed by atoms with van der Waals surface area (Å²) in [5.74, 6) is 1.15. The minimum Gasteiger partial charge on any atom is -0.440 e. The molecule has 142 valence electrons. The Bertz CT molecular complexity index is 1090. The molecular formula is C23H23N3O2. The number of hydrogen-bond donors (Lipinski definition) is 1. The molecule has 1 aliphatic rings. The molecule has 4 aromatic rings. The van der Waals surface area contributed by atoms with E-state index >= 15 is 0 Å². The molecule has 0 bridgehead atoms. The van der Waals surface area contributed by atoms with Gasteiger partial charge < -0.3 is 14.3 Å². The fraction of sp³-hybridized carbons (Fsp3) is 0.304. The standard InChI is InChI=1S/C23H23N3O2/c27-22(12-11-16-14-24-19-8-2-1-7-18(16)19)26-13-5-6-17(15-26)23-25-20-9-3-4-10-21(20)28-23/h1-4,7-10,14,17,24H,5-6,11-13,15H2/t17-/m0/s1. The number of rotatable bonds is 4. The minimum absolute atomic E-state index is 0.179. The maximum absolute atomic E-state index is 12.8. The molecule has 1 N–H and O–H groups in total. The second-order valence-electron chi connectivity index (χ2n) is 7.56. The summed E-state index contributed by atoms with van der Waals surface area (Å²) in [5.41, 5.74) is 4.04. The molecule has 0 saturated carbocycles. The number of nitrogens with zero attached hydrogens (tertiary/aromatic N) is 2. The summed E-state index contributed by atoms with van der Waals surface area (Å²) in [6.07, 6.45) is 5.31. The first-order valence-electron chi connectivity index (χ1n) is 9.96. The summed E-state index contributed by atoms with van der Waals surface area (Å²) in [4.78, 5) is 22.8. The highest BCUT2D eigenvalue weighted by Gasteiger charge is 2.28. The molecule has 3 heterocycles. The second kappa shape index (κ2) is 7.15. The molecule has 28 heavy (non-hydrogen) atoms. The van der Waals surface area contributed by atoms with E-state index in [0.717, 1.165) is 48.3 Å². The molecule has 1 saturated heterocycles. The average molecular weight is 373 g/mol. The van der Waals surface area contributed by atoms with Gasteiger partial charge in [-0.15, -0.1) is 0 Å². The van der Waals surface area contributed by atoms with Crippen LogP contribution in [-0.2, 0) is 11.2 Å². The van der Waals surface area contributed by atoms with Gasteiger partial charge >= 0.3 is 0 Å². The van der Waals surface area contributed by atoms with E-state index in [-0.39, 0.29) is 11.8 Å². The zero-order valence-electron chi connectivity index (χ0n) is 15.7. The molecule has 5 nitrogen and oxygen atoms in total. The van der Waals surface area contributed by atoms with E-state index in [2.05, 4.69) is 22.1 Å². The molecule has 0 unspecified atom stereocenters. The first-order valence-corrected chi connectivity index (χ1v) is 9.96. The van der Waals surface area contributed by atoms with Crippen molar-refractivity contribution in [2.45, 2.75) is 31.6 Å². The number of carbonyl (C=O) groups is 1. The van der Waals surface area contributed by atoms with Crippen molar-refractivity contribution >= 4 is 27.9 Å². The van der Waals surface area contributed by atoms with Crippen LogP contribution in [0, 0.1) is 0 Å². The Kier molecular flexibility index (Phi) is 4.35. The summed E-state index contributed by atoms with van der Waals surface area (Å²) < 4.78 is 5.95. The van der Waals surface area contributed by atoms with Gasteiger partial charge in [0.2, 0.25) is 5.91 Å². The van der Waals surface area contributed by atoms with Crippen molar-refractivity contribution in [3.63, 3.8) is 0 Å². The Morgan fingerprint density at radius 3 is 2.96 bits per heavy atom. The minimum atomic E-state index is 0.179. The summed E-state index contributed by atoms with van der Waals surface area (Å²) in [5, 5.41) is 1.21. The van der Waals surface area contributed by atoms with Crippen LogP contribution < -0.4 is 0 Å². The fourth-order valence-corrected chi connectivity index (χ4v) is 4.21. The molecule has 0 spiro atoms. The van der Waals surface area contributed by atoms with E-state index in [1.807, 2.05) is 47.5 Å². The molecule has 5 heteroatoms. The molecule has 1 atom stereocenters. The van der Waals surface area contributed by atoms with Crippen LogP contribution in [0.5, 0.6) is 0 Å². The predicted octanol–water partition coefficient (Wildman–Crippen LogP) is 4.65. The van der Waals surface area contributed by atoms with Crippen molar-refractivity contribution in [2.75, 3.05) is 13.1 Å². The normalized spacial score (nSPS) is 17.4. The lowest BCUT2D eigenvalue weighted by Gasteiger charge is -2.31. The monoisotopic (exact) mass is 373 g/mol.